The lowest BCUT2D eigenvalue weighted by molar-refractivity contribution is -0.147. The van der Waals surface area contributed by atoms with Gasteiger partial charge in [0.05, 0.1) is 12.9 Å². The van der Waals surface area contributed by atoms with Crippen molar-refractivity contribution >= 4 is 42.3 Å². The number of aliphatic hydroxyl groups is 1. The number of fused-ring (bicyclic) bond motifs is 1. The highest BCUT2D eigenvalue weighted by Gasteiger charge is 2.44. The van der Waals surface area contributed by atoms with E-state index in [1.54, 1.807) is 34.9 Å². The standard InChI is InChI=1S/C29H34ClN6O7P/c1-18(2)13-21(28(38)40-16-19-9-5-3-6-10-19)35-44(39,42-20-11-7-4-8-12-20)43-22-14-24(41-23(22)15-37)36-17-32-25-26(31)33-29(30)34-27(25)36/h3-12,17-18,21-24,37H,13-16H2,1-2H3,(H,35,39)(H2,31,33,34)/t21-,22?,23+,24+,44?/m0/s1. The third-order valence-electron chi connectivity index (χ3n) is 6.86. The van der Waals surface area contributed by atoms with Gasteiger partial charge in [-0.1, -0.05) is 62.4 Å². The van der Waals surface area contributed by atoms with E-state index >= 15 is 0 Å². The highest BCUT2D eigenvalue weighted by Crippen LogP contribution is 2.50. The van der Waals surface area contributed by atoms with Crippen LogP contribution in [0.25, 0.3) is 11.2 Å². The molecule has 0 spiro atoms. The van der Waals surface area contributed by atoms with Crippen LogP contribution >= 0.6 is 19.3 Å². The Morgan fingerprint density at radius 1 is 1.18 bits per heavy atom. The van der Waals surface area contributed by atoms with E-state index in [9.17, 15) is 14.5 Å². The molecule has 0 radical (unpaired) electrons. The zero-order valence-corrected chi connectivity index (χ0v) is 25.8. The van der Waals surface area contributed by atoms with Crippen molar-refractivity contribution in [1.29, 1.82) is 0 Å². The molecule has 2 aromatic carbocycles. The molecular formula is C29H34ClN6O7P. The van der Waals surface area contributed by atoms with Crippen LogP contribution in [-0.4, -0.2) is 55.5 Å². The SMILES string of the molecule is CC(C)C[C@H](NP(=O)(Oc1ccccc1)OC1C[C@H](n2cnc3c(N)nc(Cl)nc32)O[C@@H]1CO)C(=O)OCc1ccccc1. The van der Waals surface area contributed by atoms with Gasteiger partial charge in [-0.2, -0.15) is 15.1 Å². The molecule has 0 bridgehead atoms. The summed E-state index contributed by atoms with van der Waals surface area (Å²) < 4.78 is 39.8. The number of anilines is 1. The minimum absolute atomic E-state index is 0.0297. The van der Waals surface area contributed by atoms with Crippen molar-refractivity contribution in [2.75, 3.05) is 12.3 Å². The summed E-state index contributed by atoms with van der Waals surface area (Å²) in [6.45, 7) is 3.45. The lowest BCUT2D eigenvalue weighted by atomic mass is 10.1. The number of nitrogens with two attached hydrogens (primary N) is 1. The van der Waals surface area contributed by atoms with E-state index in [4.69, 9.17) is 35.9 Å². The van der Waals surface area contributed by atoms with Gasteiger partial charge in [-0.3, -0.25) is 13.9 Å². The fraction of sp³-hybridized carbons (Fsp3) is 0.379. The minimum atomic E-state index is -4.30. The zero-order chi connectivity index (χ0) is 31.3. The van der Waals surface area contributed by atoms with Crippen LogP contribution in [0, 0.1) is 5.92 Å². The number of para-hydroxylation sites is 1. The third kappa shape index (κ3) is 7.73. The number of carbonyl (C=O) groups is 1. The normalized spacial score (nSPS) is 20.4. The number of aliphatic hydroxyl groups excluding tert-OH is 1. The summed E-state index contributed by atoms with van der Waals surface area (Å²) >= 11 is 6.03. The summed E-state index contributed by atoms with van der Waals surface area (Å²) in [6, 6.07) is 16.7. The number of carbonyl (C=O) groups excluding carboxylic acids is 1. The molecule has 0 amide bonds. The molecule has 5 rings (SSSR count). The van der Waals surface area contributed by atoms with E-state index in [2.05, 4.69) is 20.0 Å². The van der Waals surface area contributed by atoms with Crippen LogP contribution < -0.4 is 15.3 Å². The number of halogens is 1. The molecule has 4 aromatic rings. The van der Waals surface area contributed by atoms with Gasteiger partial charge in [0, 0.05) is 6.42 Å². The molecule has 2 aromatic heterocycles. The topological polar surface area (TPSA) is 173 Å². The summed E-state index contributed by atoms with van der Waals surface area (Å²) in [7, 11) is -4.30. The Morgan fingerprint density at radius 3 is 2.57 bits per heavy atom. The van der Waals surface area contributed by atoms with Crippen LogP contribution in [0.4, 0.5) is 5.82 Å². The van der Waals surface area contributed by atoms with E-state index in [-0.39, 0.29) is 42.2 Å². The molecular weight excluding hydrogens is 611 g/mol. The van der Waals surface area contributed by atoms with Gasteiger partial charge in [0.2, 0.25) is 5.28 Å². The molecule has 4 N–H and O–H groups in total. The number of imidazole rings is 1. The first-order chi connectivity index (χ1) is 21.1. The number of nitrogens with one attached hydrogen (secondary N) is 1. The van der Waals surface area contributed by atoms with Crippen molar-refractivity contribution in [1.82, 2.24) is 24.6 Å². The number of ether oxygens (including phenoxy) is 2. The summed E-state index contributed by atoms with van der Waals surface area (Å²) in [5.41, 5.74) is 7.41. The lowest BCUT2D eigenvalue weighted by Gasteiger charge is -2.28. The van der Waals surface area contributed by atoms with Gasteiger partial charge in [0.25, 0.3) is 0 Å². The molecule has 2 unspecified atom stereocenters. The average Bonchev–Trinajstić information content (AvgIpc) is 3.60. The molecule has 0 saturated carbocycles. The molecule has 1 saturated heterocycles. The van der Waals surface area contributed by atoms with Gasteiger partial charge in [0.15, 0.2) is 11.5 Å². The second kappa shape index (κ2) is 14.0. The van der Waals surface area contributed by atoms with Crippen LogP contribution in [0.5, 0.6) is 5.75 Å². The van der Waals surface area contributed by atoms with Gasteiger partial charge >= 0.3 is 13.7 Å². The molecule has 0 aliphatic carbocycles. The molecule has 1 aliphatic heterocycles. The second-order valence-corrected chi connectivity index (χ2v) is 12.7. The number of esters is 1. The fourth-order valence-electron chi connectivity index (χ4n) is 4.84. The maximum atomic E-state index is 14.5. The minimum Gasteiger partial charge on any atom is -0.460 e. The Morgan fingerprint density at radius 2 is 1.89 bits per heavy atom. The van der Waals surface area contributed by atoms with Crippen molar-refractivity contribution < 1.29 is 33.0 Å². The predicted molar refractivity (Wildman–Crippen MR) is 163 cm³/mol. The lowest BCUT2D eigenvalue weighted by Crippen LogP contribution is -2.40. The molecule has 3 heterocycles. The van der Waals surface area contributed by atoms with Crippen LogP contribution in [-0.2, 0) is 30.0 Å². The Hall–Kier alpha value is -3.58. The predicted octanol–water partition coefficient (Wildman–Crippen LogP) is 4.66. The van der Waals surface area contributed by atoms with Crippen molar-refractivity contribution in [3.63, 3.8) is 0 Å². The maximum Gasteiger partial charge on any atom is 0.459 e. The summed E-state index contributed by atoms with van der Waals surface area (Å²) in [4.78, 5) is 25.7. The quantitative estimate of drug-likeness (QED) is 0.104. The Kier molecular flexibility index (Phi) is 10.1. The molecule has 44 heavy (non-hydrogen) atoms. The van der Waals surface area contributed by atoms with Crippen molar-refractivity contribution in [3.05, 3.63) is 77.8 Å². The van der Waals surface area contributed by atoms with Crippen LogP contribution in [0.1, 0.15) is 38.5 Å². The van der Waals surface area contributed by atoms with Crippen molar-refractivity contribution in [2.45, 2.75) is 57.8 Å². The number of nitrogens with zero attached hydrogens (tertiary/aromatic N) is 4. The third-order valence-corrected chi connectivity index (χ3v) is 8.66. The zero-order valence-electron chi connectivity index (χ0n) is 24.2. The number of benzene rings is 2. The van der Waals surface area contributed by atoms with E-state index in [1.165, 1.54) is 6.33 Å². The molecule has 1 aliphatic rings. The van der Waals surface area contributed by atoms with Gasteiger partial charge in [-0.15, -0.1) is 0 Å². The van der Waals surface area contributed by atoms with E-state index in [0.29, 0.717) is 11.2 Å². The van der Waals surface area contributed by atoms with Crippen molar-refractivity contribution in [2.24, 2.45) is 5.92 Å². The highest BCUT2D eigenvalue weighted by molar-refractivity contribution is 7.52. The first-order valence-electron chi connectivity index (χ1n) is 14.1. The van der Waals surface area contributed by atoms with Crippen LogP contribution in [0.2, 0.25) is 5.28 Å². The van der Waals surface area contributed by atoms with E-state index in [1.807, 2.05) is 44.2 Å². The summed E-state index contributed by atoms with van der Waals surface area (Å²) in [5.74, 6) is -0.227. The van der Waals surface area contributed by atoms with Gasteiger partial charge in [0.1, 0.15) is 42.4 Å². The van der Waals surface area contributed by atoms with Crippen LogP contribution in [0.15, 0.2) is 67.0 Å². The first kappa shape index (κ1) is 31.8. The van der Waals surface area contributed by atoms with Crippen LogP contribution in [0.3, 0.4) is 0 Å². The first-order valence-corrected chi connectivity index (χ1v) is 16.0. The van der Waals surface area contributed by atoms with Gasteiger partial charge < -0.3 is 24.8 Å². The number of hydrogen-bond donors (Lipinski definition) is 3. The van der Waals surface area contributed by atoms with Gasteiger partial charge in [-0.05, 0) is 41.6 Å². The Labute approximate surface area is 259 Å². The highest BCUT2D eigenvalue weighted by atomic mass is 35.5. The Bertz CT molecular complexity index is 1610. The molecule has 5 atom stereocenters. The van der Waals surface area contributed by atoms with Crippen molar-refractivity contribution in [3.8, 4) is 5.75 Å². The largest absolute Gasteiger partial charge is 0.460 e. The average molecular weight is 645 g/mol. The number of nitrogen functional groups attached to an aromatic ring is 1. The Balaban J connectivity index is 1.39. The number of aromatic nitrogens is 4. The fourth-order valence-corrected chi connectivity index (χ4v) is 6.74. The van der Waals surface area contributed by atoms with E-state index in [0.717, 1.165) is 5.56 Å². The second-order valence-electron chi connectivity index (χ2n) is 10.7. The molecule has 1 fully saturated rings. The summed E-state index contributed by atoms with van der Waals surface area (Å²) in [5, 5.41) is 13.0. The maximum absolute atomic E-state index is 14.5. The molecule has 13 nitrogen and oxygen atoms in total. The smallest absolute Gasteiger partial charge is 0.459 e. The number of rotatable bonds is 13. The van der Waals surface area contributed by atoms with E-state index < -0.39 is 44.8 Å². The summed E-state index contributed by atoms with van der Waals surface area (Å²) in [6.07, 6.45) is -0.702. The number of hydrogen-bond acceptors (Lipinski definition) is 11. The molecule has 15 heteroatoms. The monoisotopic (exact) mass is 644 g/mol. The van der Waals surface area contributed by atoms with Gasteiger partial charge in [-0.25, -0.2) is 9.55 Å². The molecule has 234 valence electrons.